The monoisotopic (exact) mass is 380 g/mol. The fourth-order valence-corrected chi connectivity index (χ4v) is 4.48. The van der Waals surface area contributed by atoms with Crippen LogP contribution in [-0.2, 0) is 13.0 Å². The maximum absolute atomic E-state index is 12.5. The smallest absolute Gasteiger partial charge is 0.274 e. The number of hydrogen-bond donors (Lipinski definition) is 1. The number of aromatic nitrogens is 2. The predicted octanol–water partition coefficient (Wildman–Crippen LogP) is 2.14. The van der Waals surface area contributed by atoms with E-state index < -0.39 is 0 Å². The van der Waals surface area contributed by atoms with Crippen molar-refractivity contribution in [2.45, 2.75) is 38.3 Å². The number of aliphatic hydroxyl groups is 1. The van der Waals surface area contributed by atoms with Gasteiger partial charge >= 0.3 is 0 Å². The molecular weight excluding hydrogens is 352 g/mol. The summed E-state index contributed by atoms with van der Waals surface area (Å²) in [6.45, 7) is 4.00. The van der Waals surface area contributed by atoms with Crippen LogP contribution in [0.4, 0.5) is 0 Å². The third-order valence-electron chi connectivity index (χ3n) is 6.10. The molecule has 28 heavy (non-hydrogen) atoms. The van der Waals surface area contributed by atoms with E-state index in [1.54, 1.807) is 18.6 Å². The SMILES string of the molecule is O=C(c1cnccn1)N1CCC(N2CC[C@@H](Cc3ccc(CO)cc3)C2)CC1. The van der Waals surface area contributed by atoms with Gasteiger partial charge in [-0.25, -0.2) is 4.98 Å². The molecule has 1 amide bonds. The minimum atomic E-state index is -0.00262. The molecule has 1 atom stereocenters. The normalized spacial score (nSPS) is 21.2. The van der Waals surface area contributed by atoms with Gasteiger partial charge in [-0.15, -0.1) is 0 Å². The van der Waals surface area contributed by atoms with Crippen molar-refractivity contribution in [1.29, 1.82) is 0 Å². The largest absolute Gasteiger partial charge is 0.392 e. The number of amides is 1. The third-order valence-corrected chi connectivity index (χ3v) is 6.10. The van der Waals surface area contributed by atoms with Gasteiger partial charge in [0.2, 0.25) is 0 Å². The Bertz CT molecular complexity index is 773. The molecule has 2 aliphatic rings. The first-order valence-electron chi connectivity index (χ1n) is 10.2. The lowest BCUT2D eigenvalue weighted by Crippen LogP contribution is -2.46. The zero-order valence-corrected chi connectivity index (χ0v) is 16.2. The van der Waals surface area contributed by atoms with E-state index in [2.05, 4.69) is 27.0 Å². The first kappa shape index (κ1) is 19.0. The summed E-state index contributed by atoms with van der Waals surface area (Å²) >= 11 is 0. The Balaban J connectivity index is 1.26. The third kappa shape index (κ3) is 4.39. The van der Waals surface area contributed by atoms with Crippen molar-refractivity contribution in [3.8, 4) is 0 Å². The highest BCUT2D eigenvalue weighted by Gasteiger charge is 2.32. The van der Waals surface area contributed by atoms with Crippen molar-refractivity contribution >= 4 is 5.91 Å². The van der Waals surface area contributed by atoms with Crippen molar-refractivity contribution in [1.82, 2.24) is 19.8 Å². The highest BCUT2D eigenvalue weighted by atomic mass is 16.3. The number of rotatable bonds is 5. The summed E-state index contributed by atoms with van der Waals surface area (Å²) in [4.78, 5) is 25.2. The average Bonchev–Trinajstić information content (AvgIpc) is 3.23. The molecule has 0 unspecified atom stereocenters. The molecule has 3 heterocycles. The number of carbonyl (C=O) groups is 1. The van der Waals surface area contributed by atoms with Gasteiger partial charge in [0.25, 0.3) is 5.91 Å². The van der Waals surface area contributed by atoms with Gasteiger partial charge in [0, 0.05) is 38.1 Å². The van der Waals surface area contributed by atoms with Crippen molar-refractivity contribution in [3.63, 3.8) is 0 Å². The zero-order chi connectivity index (χ0) is 19.3. The van der Waals surface area contributed by atoms with E-state index in [9.17, 15) is 9.90 Å². The minimum absolute atomic E-state index is 0.00262. The number of likely N-dealkylation sites (tertiary alicyclic amines) is 2. The fourth-order valence-electron chi connectivity index (χ4n) is 4.48. The Hall–Kier alpha value is -2.31. The molecule has 0 spiro atoms. The van der Waals surface area contributed by atoms with Crippen LogP contribution < -0.4 is 0 Å². The lowest BCUT2D eigenvalue weighted by molar-refractivity contribution is 0.0635. The maximum atomic E-state index is 12.5. The fraction of sp³-hybridized carbons (Fsp3) is 0.500. The van der Waals surface area contributed by atoms with Gasteiger partial charge in [-0.05, 0) is 49.3 Å². The predicted molar refractivity (Wildman–Crippen MR) is 107 cm³/mol. The highest BCUT2D eigenvalue weighted by molar-refractivity contribution is 5.92. The van der Waals surface area contributed by atoms with Crippen LogP contribution in [0, 0.1) is 5.92 Å². The van der Waals surface area contributed by atoms with Crippen LogP contribution >= 0.6 is 0 Å². The average molecular weight is 380 g/mol. The zero-order valence-electron chi connectivity index (χ0n) is 16.2. The highest BCUT2D eigenvalue weighted by Crippen LogP contribution is 2.27. The van der Waals surface area contributed by atoms with Crippen molar-refractivity contribution < 1.29 is 9.90 Å². The van der Waals surface area contributed by atoms with Gasteiger partial charge in [0.1, 0.15) is 5.69 Å². The molecule has 6 heteroatoms. The molecule has 1 N–H and O–H groups in total. The lowest BCUT2D eigenvalue weighted by atomic mass is 9.97. The van der Waals surface area contributed by atoms with Crippen LogP contribution in [0.2, 0.25) is 0 Å². The van der Waals surface area contributed by atoms with E-state index in [0.717, 1.165) is 51.0 Å². The number of benzene rings is 1. The number of hydrogen-bond acceptors (Lipinski definition) is 5. The van der Waals surface area contributed by atoms with Crippen LogP contribution in [0.3, 0.4) is 0 Å². The van der Waals surface area contributed by atoms with Crippen molar-refractivity contribution in [3.05, 3.63) is 59.7 Å². The molecule has 0 bridgehead atoms. The maximum Gasteiger partial charge on any atom is 0.274 e. The molecule has 0 aliphatic carbocycles. The van der Waals surface area contributed by atoms with E-state index in [4.69, 9.17) is 0 Å². The topological polar surface area (TPSA) is 69.6 Å². The Morgan fingerprint density at radius 1 is 1.04 bits per heavy atom. The molecule has 2 aliphatic heterocycles. The summed E-state index contributed by atoms with van der Waals surface area (Å²) in [5, 5.41) is 9.17. The van der Waals surface area contributed by atoms with Crippen molar-refractivity contribution in [2.75, 3.05) is 26.2 Å². The Morgan fingerprint density at radius 2 is 1.79 bits per heavy atom. The molecule has 2 fully saturated rings. The first-order chi connectivity index (χ1) is 13.7. The van der Waals surface area contributed by atoms with E-state index in [0.29, 0.717) is 17.7 Å². The van der Waals surface area contributed by atoms with E-state index in [-0.39, 0.29) is 12.5 Å². The molecule has 1 aromatic carbocycles. The second-order valence-electron chi connectivity index (χ2n) is 7.94. The summed E-state index contributed by atoms with van der Waals surface area (Å²) in [6, 6.07) is 8.90. The van der Waals surface area contributed by atoms with Gasteiger partial charge in [-0.2, -0.15) is 0 Å². The van der Waals surface area contributed by atoms with Gasteiger partial charge < -0.3 is 10.0 Å². The van der Waals surface area contributed by atoms with Crippen LogP contribution in [0.5, 0.6) is 0 Å². The molecule has 1 aromatic heterocycles. The van der Waals surface area contributed by atoms with Crippen LogP contribution in [0.25, 0.3) is 0 Å². The second kappa shape index (κ2) is 8.80. The van der Waals surface area contributed by atoms with Gasteiger partial charge in [0.05, 0.1) is 12.8 Å². The summed E-state index contributed by atoms with van der Waals surface area (Å²) < 4.78 is 0. The summed E-state index contributed by atoms with van der Waals surface area (Å²) in [5.41, 5.74) is 2.77. The van der Waals surface area contributed by atoms with Gasteiger partial charge in [-0.3, -0.25) is 14.7 Å². The van der Waals surface area contributed by atoms with Crippen LogP contribution in [0.1, 0.15) is 40.9 Å². The van der Waals surface area contributed by atoms with Crippen LogP contribution in [0.15, 0.2) is 42.9 Å². The quantitative estimate of drug-likeness (QED) is 0.861. The standard InChI is InChI=1S/C22H28N4O2/c27-16-18-3-1-17(2-4-18)13-19-5-10-26(15-19)20-6-11-25(12-7-20)22(28)21-14-23-8-9-24-21/h1-4,8-9,14,19-20,27H,5-7,10-13,15-16H2/t19-/m0/s1. The molecule has 0 saturated carbocycles. The molecule has 0 radical (unpaired) electrons. The molecule has 4 rings (SSSR count). The van der Waals surface area contributed by atoms with Gasteiger partial charge in [0.15, 0.2) is 0 Å². The molecule has 2 saturated heterocycles. The Labute approximate surface area is 166 Å². The van der Waals surface area contributed by atoms with Crippen molar-refractivity contribution in [2.24, 2.45) is 5.92 Å². The number of piperidine rings is 1. The minimum Gasteiger partial charge on any atom is -0.392 e. The second-order valence-corrected chi connectivity index (χ2v) is 7.94. The lowest BCUT2D eigenvalue weighted by Gasteiger charge is -2.36. The number of nitrogens with zero attached hydrogens (tertiary/aromatic N) is 4. The molecule has 6 nitrogen and oxygen atoms in total. The first-order valence-corrected chi connectivity index (χ1v) is 10.2. The molecular formula is C22H28N4O2. The summed E-state index contributed by atoms with van der Waals surface area (Å²) in [5.74, 6) is 0.691. The molecule has 2 aromatic rings. The summed E-state index contributed by atoms with van der Waals surface area (Å²) in [6.07, 6.45) is 9.11. The van der Waals surface area contributed by atoms with E-state index in [1.165, 1.54) is 12.0 Å². The Morgan fingerprint density at radius 3 is 2.46 bits per heavy atom. The van der Waals surface area contributed by atoms with Gasteiger partial charge in [-0.1, -0.05) is 24.3 Å². The van der Waals surface area contributed by atoms with E-state index >= 15 is 0 Å². The number of carbonyl (C=O) groups excluding carboxylic acids is 1. The van der Waals surface area contributed by atoms with E-state index in [1.807, 2.05) is 17.0 Å². The number of aliphatic hydroxyl groups excluding tert-OH is 1. The van der Waals surface area contributed by atoms with Crippen LogP contribution in [-0.4, -0.2) is 63.0 Å². The Kier molecular flexibility index (Phi) is 5.98. The summed E-state index contributed by atoms with van der Waals surface area (Å²) in [7, 11) is 0. The molecule has 148 valence electrons.